The summed E-state index contributed by atoms with van der Waals surface area (Å²) in [6.07, 6.45) is 1.26. The summed E-state index contributed by atoms with van der Waals surface area (Å²) in [5.74, 6) is 0. The van der Waals surface area contributed by atoms with Gasteiger partial charge in [-0.25, -0.2) is 0 Å². The summed E-state index contributed by atoms with van der Waals surface area (Å²) in [5.41, 5.74) is 0.461. The standard InChI is InChI=1S/C12H28N2/c1-6-14(7-2)11-10-13-9-8-12(3,4)5/h13H,6-11H2,1-5H3. The highest BCUT2D eigenvalue weighted by Gasteiger charge is 2.08. The third-order valence-corrected chi connectivity index (χ3v) is 2.55. The Bertz CT molecular complexity index is 123. The molecule has 0 unspecified atom stereocenters. The number of hydrogen-bond donors (Lipinski definition) is 1. The molecule has 0 bridgehead atoms. The lowest BCUT2D eigenvalue weighted by atomic mass is 9.92. The summed E-state index contributed by atoms with van der Waals surface area (Å²) < 4.78 is 0. The minimum absolute atomic E-state index is 0.461. The fraction of sp³-hybridized carbons (Fsp3) is 1.00. The van der Waals surface area contributed by atoms with Gasteiger partial charge < -0.3 is 10.2 Å². The largest absolute Gasteiger partial charge is 0.315 e. The van der Waals surface area contributed by atoms with E-state index in [4.69, 9.17) is 0 Å². The normalized spacial score (nSPS) is 12.4. The Hall–Kier alpha value is -0.0800. The molecular weight excluding hydrogens is 172 g/mol. The molecule has 14 heavy (non-hydrogen) atoms. The predicted octanol–water partition coefficient (Wildman–Crippen LogP) is 2.35. The molecule has 0 saturated carbocycles. The molecule has 0 amide bonds. The number of hydrogen-bond acceptors (Lipinski definition) is 2. The molecule has 0 saturated heterocycles. The van der Waals surface area contributed by atoms with Crippen molar-refractivity contribution in [2.75, 3.05) is 32.7 Å². The van der Waals surface area contributed by atoms with E-state index in [1.165, 1.54) is 13.0 Å². The van der Waals surface area contributed by atoms with Gasteiger partial charge in [0, 0.05) is 13.1 Å². The summed E-state index contributed by atoms with van der Waals surface area (Å²) in [7, 11) is 0. The molecule has 0 aliphatic heterocycles. The highest BCUT2D eigenvalue weighted by molar-refractivity contribution is 4.63. The predicted molar refractivity (Wildman–Crippen MR) is 64.7 cm³/mol. The van der Waals surface area contributed by atoms with Crippen molar-refractivity contribution in [2.24, 2.45) is 5.41 Å². The van der Waals surface area contributed by atoms with Crippen molar-refractivity contribution in [1.29, 1.82) is 0 Å². The summed E-state index contributed by atoms with van der Waals surface area (Å²) in [6, 6.07) is 0. The maximum absolute atomic E-state index is 3.50. The maximum Gasteiger partial charge on any atom is 0.0107 e. The van der Waals surface area contributed by atoms with Crippen LogP contribution >= 0.6 is 0 Å². The van der Waals surface area contributed by atoms with Crippen molar-refractivity contribution in [3.05, 3.63) is 0 Å². The molecule has 2 nitrogen and oxygen atoms in total. The number of likely N-dealkylation sites (N-methyl/N-ethyl adjacent to an activating group) is 1. The second-order valence-corrected chi connectivity index (χ2v) is 5.09. The maximum atomic E-state index is 3.50. The highest BCUT2D eigenvalue weighted by atomic mass is 15.1. The first-order valence-electron chi connectivity index (χ1n) is 5.92. The van der Waals surface area contributed by atoms with Crippen LogP contribution in [0, 0.1) is 5.41 Å². The van der Waals surface area contributed by atoms with Gasteiger partial charge in [-0.05, 0) is 31.5 Å². The van der Waals surface area contributed by atoms with Crippen LogP contribution in [0.2, 0.25) is 0 Å². The van der Waals surface area contributed by atoms with Gasteiger partial charge in [0.25, 0.3) is 0 Å². The topological polar surface area (TPSA) is 15.3 Å². The smallest absolute Gasteiger partial charge is 0.0107 e. The average molecular weight is 200 g/mol. The Morgan fingerprint density at radius 3 is 2.00 bits per heavy atom. The van der Waals surface area contributed by atoms with Gasteiger partial charge in [0.1, 0.15) is 0 Å². The van der Waals surface area contributed by atoms with E-state index in [1.807, 2.05) is 0 Å². The van der Waals surface area contributed by atoms with Crippen LogP contribution in [0.15, 0.2) is 0 Å². The van der Waals surface area contributed by atoms with Gasteiger partial charge in [0.15, 0.2) is 0 Å². The van der Waals surface area contributed by atoms with E-state index in [1.54, 1.807) is 0 Å². The Morgan fingerprint density at radius 1 is 1.00 bits per heavy atom. The van der Waals surface area contributed by atoms with Crippen LogP contribution < -0.4 is 5.32 Å². The Morgan fingerprint density at radius 2 is 1.57 bits per heavy atom. The molecule has 0 aromatic carbocycles. The van der Waals surface area contributed by atoms with Gasteiger partial charge in [-0.2, -0.15) is 0 Å². The van der Waals surface area contributed by atoms with Crippen molar-refractivity contribution >= 4 is 0 Å². The zero-order valence-electron chi connectivity index (χ0n) is 10.7. The van der Waals surface area contributed by atoms with Crippen molar-refractivity contribution in [3.8, 4) is 0 Å². The molecule has 0 aliphatic rings. The van der Waals surface area contributed by atoms with Crippen molar-refractivity contribution in [3.63, 3.8) is 0 Å². The lowest BCUT2D eigenvalue weighted by molar-refractivity contribution is 0.296. The van der Waals surface area contributed by atoms with E-state index in [9.17, 15) is 0 Å². The molecule has 0 atom stereocenters. The zero-order valence-corrected chi connectivity index (χ0v) is 10.7. The first-order valence-corrected chi connectivity index (χ1v) is 5.92. The van der Waals surface area contributed by atoms with Crippen LogP contribution in [0.3, 0.4) is 0 Å². The van der Waals surface area contributed by atoms with E-state index in [2.05, 4.69) is 44.8 Å². The zero-order chi connectivity index (χ0) is 11.0. The van der Waals surface area contributed by atoms with Crippen molar-refractivity contribution in [2.45, 2.75) is 41.0 Å². The second-order valence-electron chi connectivity index (χ2n) is 5.09. The summed E-state index contributed by atoms with van der Waals surface area (Å²) in [6.45, 7) is 17.1. The molecule has 0 aliphatic carbocycles. The monoisotopic (exact) mass is 200 g/mol. The van der Waals surface area contributed by atoms with Crippen LogP contribution in [-0.4, -0.2) is 37.6 Å². The minimum atomic E-state index is 0.461. The molecule has 86 valence electrons. The molecule has 0 rings (SSSR count). The van der Waals surface area contributed by atoms with Gasteiger partial charge in [0.05, 0.1) is 0 Å². The molecule has 0 aromatic rings. The third-order valence-electron chi connectivity index (χ3n) is 2.55. The summed E-state index contributed by atoms with van der Waals surface area (Å²) in [5, 5.41) is 3.50. The summed E-state index contributed by atoms with van der Waals surface area (Å²) in [4.78, 5) is 2.45. The Kier molecular flexibility index (Phi) is 7.20. The molecule has 1 N–H and O–H groups in total. The van der Waals surface area contributed by atoms with Gasteiger partial charge >= 0.3 is 0 Å². The first-order chi connectivity index (χ1) is 6.49. The third kappa shape index (κ3) is 8.52. The highest BCUT2D eigenvalue weighted by Crippen LogP contribution is 2.16. The van der Waals surface area contributed by atoms with E-state index in [0.717, 1.165) is 26.2 Å². The van der Waals surface area contributed by atoms with Crippen LogP contribution in [0.1, 0.15) is 41.0 Å². The van der Waals surface area contributed by atoms with Gasteiger partial charge in [-0.1, -0.05) is 34.6 Å². The van der Waals surface area contributed by atoms with Crippen LogP contribution in [0.5, 0.6) is 0 Å². The quantitative estimate of drug-likeness (QED) is 0.635. The summed E-state index contributed by atoms with van der Waals surface area (Å²) >= 11 is 0. The van der Waals surface area contributed by atoms with Gasteiger partial charge in [0.2, 0.25) is 0 Å². The minimum Gasteiger partial charge on any atom is -0.315 e. The molecule has 2 heteroatoms. The molecule has 0 spiro atoms. The molecule has 0 fully saturated rings. The molecule has 0 radical (unpaired) electrons. The fourth-order valence-electron chi connectivity index (χ4n) is 1.37. The number of rotatable bonds is 7. The van der Waals surface area contributed by atoms with E-state index < -0.39 is 0 Å². The number of nitrogens with one attached hydrogen (secondary N) is 1. The first kappa shape index (κ1) is 13.9. The SMILES string of the molecule is CCN(CC)CCNCCC(C)(C)C. The molecular formula is C12H28N2. The average Bonchev–Trinajstić information content (AvgIpc) is 2.09. The van der Waals surface area contributed by atoms with Gasteiger partial charge in [-0.3, -0.25) is 0 Å². The van der Waals surface area contributed by atoms with E-state index in [0.29, 0.717) is 5.41 Å². The van der Waals surface area contributed by atoms with E-state index in [-0.39, 0.29) is 0 Å². The van der Waals surface area contributed by atoms with Crippen LogP contribution in [0.4, 0.5) is 0 Å². The van der Waals surface area contributed by atoms with Crippen LogP contribution in [-0.2, 0) is 0 Å². The van der Waals surface area contributed by atoms with Crippen LogP contribution in [0.25, 0.3) is 0 Å². The molecule has 0 heterocycles. The lowest BCUT2D eigenvalue weighted by Crippen LogP contribution is -2.33. The van der Waals surface area contributed by atoms with Crippen molar-refractivity contribution in [1.82, 2.24) is 10.2 Å². The Labute approximate surface area is 90.1 Å². The number of nitrogens with zero attached hydrogens (tertiary/aromatic N) is 1. The lowest BCUT2D eigenvalue weighted by Gasteiger charge is -2.20. The fourth-order valence-corrected chi connectivity index (χ4v) is 1.37. The van der Waals surface area contributed by atoms with E-state index >= 15 is 0 Å². The Balaban J connectivity index is 3.29. The van der Waals surface area contributed by atoms with Crippen molar-refractivity contribution < 1.29 is 0 Å². The second kappa shape index (κ2) is 7.24. The molecule has 0 aromatic heterocycles. The van der Waals surface area contributed by atoms with Gasteiger partial charge in [-0.15, -0.1) is 0 Å².